The molecule has 0 saturated heterocycles. The molecule has 0 aliphatic carbocycles. The van der Waals surface area contributed by atoms with Gasteiger partial charge in [0.15, 0.2) is 0 Å². The zero-order valence-electron chi connectivity index (χ0n) is 11.7. The summed E-state index contributed by atoms with van der Waals surface area (Å²) in [6.07, 6.45) is 1.49. The first kappa shape index (κ1) is 15.7. The van der Waals surface area contributed by atoms with Gasteiger partial charge in [-0.15, -0.1) is 11.3 Å². The highest BCUT2D eigenvalue weighted by atomic mass is 32.1. The molecule has 19 heavy (non-hydrogen) atoms. The summed E-state index contributed by atoms with van der Waals surface area (Å²) in [4.78, 5) is 0.843. The summed E-state index contributed by atoms with van der Waals surface area (Å²) in [6, 6.07) is 6.36. The first-order chi connectivity index (χ1) is 9.01. The molecule has 0 aliphatic heterocycles. The maximum atomic E-state index is 9.75. The summed E-state index contributed by atoms with van der Waals surface area (Å²) in [5, 5.41) is 30.5. The fraction of sp³-hybridized carbons (Fsp3) is 0.600. The lowest BCUT2D eigenvalue weighted by molar-refractivity contribution is 0.146. The van der Waals surface area contributed by atoms with Crippen LogP contribution in [0.15, 0.2) is 11.4 Å². The van der Waals surface area contributed by atoms with Crippen LogP contribution in [-0.4, -0.2) is 11.2 Å². The van der Waals surface area contributed by atoms with Crippen molar-refractivity contribution in [1.29, 1.82) is 10.5 Å². The number of hydrogen-bond acceptors (Lipinski definition) is 4. The third-order valence-corrected chi connectivity index (χ3v) is 4.81. The molecule has 0 amide bonds. The lowest BCUT2D eigenvalue weighted by Gasteiger charge is -2.31. The van der Waals surface area contributed by atoms with Gasteiger partial charge in [0.25, 0.3) is 0 Å². The minimum absolute atomic E-state index is 0.104. The fourth-order valence-electron chi connectivity index (χ4n) is 2.24. The van der Waals surface area contributed by atoms with Gasteiger partial charge < -0.3 is 5.11 Å². The molecule has 0 radical (unpaired) electrons. The van der Waals surface area contributed by atoms with Crippen LogP contribution in [0.2, 0.25) is 0 Å². The van der Waals surface area contributed by atoms with Gasteiger partial charge in [-0.1, -0.05) is 20.8 Å². The van der Waals surface area contributed by atoms with E-state index in [1.54, 1.807) is 6.07 Å². The molecule has 2 unspecified atom stereocenters. The van der Waals surface area contributed by atoms with Crippen molar-refractivity contribution in [3.63, 3.8) is 0 Å². The summed E-state index contributed by atoms with van der Waals surface area (Å²) >= 11 is 1.47. The van der Waals surface area contributed by atoms with Crippen molar-refractivity contribution in [3.8, 4) is 12.1 Å². The van der Waals surface area contributed by atoms with Gasteiger partial charge in [0.05, 0.1) is 23.2 Å². The van der Waals surface area contributed by atoms with Crippen LogP contribution >= 0.6 is 11.3 Å². The molecular formula is C15H20N2OS. The Morgan fingerprint density at radius 1 is 1.42 bits per heavy atom. The minimum Gasteiger partial charge on any atom is -0.393 e. The molecule has 1 aromatic heterocycles. The summed E-state index contributed by atoms with van der Waals surface area (Å²) in [6.45, 7) is 5.94. The highest BCUT2D eigenvalue weighted by Gasteiger charge is 2.39. The normalized spacial score (nSPS) is 15.5. The Bertz CT molecular complexity index is 495. The molecule has 0 saturated carbocycles. The molecule has 102 valence electrons. The maximum Gasteiger partial charge on any atom is 0.100 e. The number of thiophene rings is 1. The zero-order chi connectivity index (χ0) is 14.5. The Balaban J connectivity index is 3.15. The molecule has 2 atom stereocenters. The van der Waals surface area contributed by atoms with Crippen LogP contribution in [0.25, 0.3) is 0 Å². The van der Waals surface area contributed by atoms with E-state index in [0.29, 0.717) is 24.8 Å². The van der Waals surface area contributed by atoms with Gasteiger partial charge in [-0.25, -0.2) is 0 Å². The van der Waals surface area contributed by atoms with Crippen LogP contribution in [0.1, 0.15) is 50.5 Å². The van der Waals surface area contributed by atoms with Gasteiger partial charge >= 0.3 is 0 Å². The number of nitrogens with zero attached hydrogens (tertiary/aromatic N) is 2. The van der Waals surface area contributed by atoms with Crippen LogP contribution in [0.3, 0.4) is 0 Å². The van der Waals surface area contributed by atoms with Gasteiger partial charge in [0.2, 0.25) is 0 Å². The Labute approximate surface area is 119 Å². The van der Waals surface area contributed by atoms with E-state index in [0.717, 1.165) is 4.88 Å². The predicted octanol–water partition coefficient (Wildman–Crippen LogP) is 3.59. The van der Waals surface area contributed by atoms with Crippen molar-refractivity contribution >= 4 is 11.3 Å². The fourth-order valence-corrected chi connectivity index (χ4v) is 3.42. The molecular weight excluding hydrogens is 256 g/mol. The Kier molecular flexibility index (Phi) is 5.54. The van der Waals surface area contributed by atoms with Crippen LogP contribution in [0.5, 0.6) is 0 Å². The van der Waals surface area contributed by atoms with Crippen molar-refractivity contribution in [3.05, 3.63) is 21.9 Å². The van der Waals surface area contributed by atoms with E-state index < -0.39 is 5.41 Å². The lowest BCUT2D eigenvalue weighted by atomic mass is 9.72. The topological polar surface area (TPSA) is 67.8 Å². The molecule has 3 nitrogen and oxygen atoms in total. The molecule has 0 bridgehead atoms. The van der Waals surface area contributed by atoms with E-state index in [-0.39, 0.29) is 12.0 Å². The predicted molar refractivity (Wildman–Crippen MR) is 76.7 cm³/mol. The van der Waals surface area contributed by atoms with E-state index in [2.05, 4.69) is 12.1 Å². The maximum absolute atomic E-state index is 9.75. The molecule has 0 spiro atoms. The van der Waals surface area contributed by atoms with Crippen LogP contribution in [-0.2, 0) is 5.41 Å². The molecule has 1 aromatic rings. The average molecular weight is 276 g/mol. The lowest BCUT2D eigenvalue weighted by Crippen LogP contribution is -2.31. The van der Waals surface area contributed by atoms with Gasteiger partial charge in [-0.3, -0.25) is 0 Å². The van der Waals surface area contributed by atoms with Crippen LogP contribution in [0, 0.1) is 28.6 Å². The molecule has 0 aliphatic rings. The summed E-state index contributed by atoms with van der Waals surface area (Å²) in [5.41, 5.74) is -0.0821. The van der Waals surface area contributed by atoms with E-state index >= 15 is 0 Å². The average Bonchev–Trinajstić information content (AvgIpc) is 2.88. The van der Waals surface area contributed by atoms with Crippen molar-refractivity contribution in [2.24, 2.45) is 5.92 Å². The van der Waals surface area contributed by atoms with Gasteiger partial charge in [-0.2, -0.15) is 10.5 Å². The third-order valence-electron chi connectivity index (χ3n) is 3.72. The minimum atomic E-state index is -0.671. The first-order valence-corrected chi connectivity index (χ1v) is 7.47. The van der Waals surface area contributed by atoms with Crippen LogP contribution < -0.4 is 0 Å². The quantitative estimate of drug-likeness (QED) is 0.863. The summed E-state index contributed by atoms with van der Waals surface area (Å²) in [5.74, 6) is 0.104. The van der Waals surface area contributed by atoms with E-state index in [1.165, 1.54) is 11.3 Å². The molecule has 0 fully saturated rings. The smallest absolute Gasteiger partial charge is 0.100 e. The second-order valence-electron chi connectivity index (χ2n) is 5.11. The van der Waals surface area contributed by atoms with Gasteiger partial charge in [0.1, 0.15) is 6.07 Å². The summed E-state index contributed by atoms with van der Waals surface area (Å²) < 4.78 is 0. The second-order valence-corrected chi connectivity index (χ2v) is 6.03. The van der Waals surface area contributed by atoms with Crippen LogP contribution in [0.4, 0.5) is 0 Å². The highest BCUT2D eigenvalue weighted by molar-refractivity contribution is 7.10. The van der Waals surface area contributed by atoms with E-state index in [9.17, 15) is 10.4 Å². The molecule has 4 heteroatoms. The molecule has 0 aromatic carbocycles. The number of hydrogen-bond donors (Lipinski definition) is 1. The standard InChI is InChI=1S/C15H20N2OS/c1-4-13(18)5-7-15(10-17,11(2)3)14-12(9-16)6-8-19-14/h6,8,11,13,18H,4-5,7H2,1-3H3. The van der Waals surface area contributed by atoms with Gasteiger partial charge in [0, 0.05) is 4.88 Å². The van der Waals surface area contributed by atoms with Gasteiger partial charge in [-0.05, 0) is 36.6 Å². The van der Waals surface area contributed by atoms with Crippen molar-refractivity contribution in [1.82, 2.24) is 0 Å². The number of rotatable bonds is 6. The van der Waals surface area contributed by atoms with E-state index in [4.69, 9.17) is 5.26 Å². The highest BCUT2D eigenvalue weighted by Crippen LogP contribution is 2.41. The number of aliphatic hydroxyl groups excluding tert-OH is 1. The Morgan fingerprint density at radius 3 is 2.58 bits per heavy atom. The monoisotopic (exact) mass is 276 g/mol. The number of nitriles is 2. The van der Waals surface area contributed by atoms with Crippen molar-refractivity contribution < 1.29 is 5.11 Å². The zero-order valence-corrected chi connectivity index (χ0v) is 12.5. The number of aliphatic hydroxyl groups is 1. The Hall–Kier alpha value is -1.36. The molecule has 1 heterocycles. The molecule has 1 N–H and O–H groups in total. The SMILES string of the molecule is CCC(O)CCC(C#N)(c1sccc1C#N)C(C)C. The first-order valence-electron chi connectivity index (χ1n) is 6.59. The van der Waals surface area contributed by atoms with E-state index in [1.807, 2.05) is 26.2 Å². The Morgan fingerprint density at radius 2 is 2.11 bits per heavy atom. The third kappa shape index (κ3) is 3.15. The second kappa shape index (κ2) is 6.70. The molecule has 1 rings (SSSR count). The van der Waals surface area contributed by atoms with Crippen molar-refractivity contribution in [2.45, 2.75) is 51.6 Å². The largest absolute Gasteiger partial charge is 0.393 e. The van der Waals surface area contributed by atoms with Crippen molar-refractivity contribution in [2.75, 3.05) is 0 Å². The summed E-state index contributed by atoms with van der Waals surface area (Å²) in [7, 11) is 0.